The first-order valence-electron chi connectivity index (χ1n) is 7.37. The second-order valence-corrected chi connectivity index (χ2v) is 5.86. The summed E-state index contributed by atoms with van der Waals surface area (Å²) in [4.78, 5) is 4.45. The van der Waals surface area contributed by atoms with E-state index in [1.807, 2.05) is 18.3 Å². The Morgan fingerprint density at radius 2 is 2.14 bits per heavy atom. The van der Waals surface area contributed by atoms with Gasteiger partial charge >= 0.3 is 0 Å². The Hall–Kier alpha value is -1.20. The maximum Gasteiger partial charge on any atom is 0.142 e. The molecule has 3 nitrogen and oxygen atoms in total. The third kappa shape index (κ3) is 3.71. The van der Waals surface area contributed by atoms with Gasteiger partial charge in [0, 0.05) is 24.5 Å². The van der Waals surface area contributed by atoms with Gasteiger partial charge in [-0.15, -0.1) is 0 Å². The normalized spacial score (nSPS) is 12.6. The Morgan fingerprint density at radius 1 is 1.33 bits per heavy atom. The summed E-state index contributed by atoms with van der Waals surface area (Å²) in [5, 5.41) is 3.41. The van der Waals surface area contributed by atoms with Gasteiger partial charge in [0.2, 0.25) is 0 Å². The topological polar surface area (TPSA) is 29.9 Å². The van der Waals surface area contributed by atoms with Crippen LogP contribution in [0, 0.1) is 5.82 Å². The summed E-state index contributed by atoms with van der Waals surface area (Å²) in [6.45, 7) is 5.92. The lowest BCUT2D eigenvalue weighted by Gasteiger charge is -2.21. The molecule has 1 heterocycles. The van der Waals surface area contributed by atoms with Crippen molar-refractivity contribution >= 4 is 15.9 Å². The van der Waals surface area contributed by atoms with Crippen molar-refractivity contribution in [2.45, 2.75) is 39.3 Å². The van der Waals surface area contributed by atoms with E-state index in [-0.39, 0.29) is 11.9 Å². The van der Waals surface area contributed by atoms with Crippen LogP contribution in [0.4, 0.5) is 4.39 Å². The molecule has 0 spiro atoms. The molecule has 0 saturated heterocycles. The van der Waals surface area contributed by atoms with E-state index in [1.165, 1.54) is 0 Å². The zero-order valence-corrected chi connectivity index (χ0v) is 14.0. The van der Waals surface area contributed by atoms with Crippen LogP contribution in [-0.2, 0) is 6.54 Å². The zero-order valence-electron chi connectivity index (χ0n) is 12.4. The van der Waals surface area contributed by atoms with E-state index in [0.717, 1.165) is 31.8 Å². The number of hydrogen-bond donors (Lipinski definition) is 1. The third-order valence-electron chi connectivity index (χ3n) is 3.36. The average Bonchev–Trinajstić information content (AvgIpc) is 2.92. The minimum absolute atomic E-state index is 0.225. The van der Waals surface area contributed by atoms with E-state index in [2.05, 4.69) is 44.6 Å². The van der Waals surface area contributed by atoms with Crippen LogP contribution >= 0.6 is 15.9 Å². The molecule has 0 aliphatic rings. The first-order chi connectivity index (χ1) is 10.2. The van der Waals surface area contributed by atoms with Crippen molar-refractivity contribution < 1.29 is 4.39 Å². The molecule has 1 aromatic heterocycles. The van der Waals surface area contributed by atoms with Gasteiger partial charge in [0.05, 0.1) is 10.5 Å². The van der Waals surface area contributed by atoms with Crippen LogP contribution in [-0.4, -0.2) is 16.1 Å². The fourth-order valence-corrected chi connectivity index (χ4v) is 2.77. The molecule has 0 aliphatic heterocycles. The fourth-order valence-electron chi connectivity index (χ4n) is 2.38. The van der Waals surface area contributed by atoms with E-state index in [4.69, 9.17) is 0 Å². The largest absolute Gasteiger partial charge is 0.333 e. The van der Waals surface area contributed by atoms with Crippen LogP contribution in [0.5, 0.6) is 0 Å². The Morgan fingerprint density at radius 3 is 2.86 bits per heavy atom. The van der Waals surface area contributed by atoms with Gasteiger partial charge in [-0.3, -0.25) is 0 Å². The van der Waals surface area contributed by atoms with Gasteiger partial charge < -0.3 is 9.88 Å². The molecule has 0 amide bonds. The molecule has 114 valence electrons. The molecular weight excluding hydrogens is 333 g/mol. The van der Waals surface area contributed by atoms with Crippen LogP contribution in [0.3, 0.4) is 0 Å². The standard InChI is InChI=1S/C16H21BrFN3/c1-3-8-19-15(12-6-5-7-13(17)14(12)18)16-20-9-11-21(16)10-4-2/h5-7,9,11,15,19H,3-4,8,10H2,1-2H3. The lowest BCUT2D eigenvalue weighted by molar-refractivity contribution is 0.502. The molecule has 2 aromatic rings. The summed E-state index contributed by atoms with van der Waals surface area (Å²) < 4.78 is 17.0. The van der Waals surface area contributed by atoms with E-state index < -0.39 is 0 Å². The van der Waals surface area contributed by atoms with Crippen molar-refractivity contribution in [3.63, 3.8) is 0 Å². The van der Waals surface area contributed by atoms with Crippen LogP contribution < -0.4 is 5.32 Å². The fraction of sp³-hybridized carbons (Fsp3) is 0.438. The second-order valence-electron chi connectivity index (χ2n) is 5.01. The number of nitrogens with zero attached hydrogens (tertiary/aromatic N) is 2. The minimum Gasteiger partial charge on any atom is -0.333 e. The third-order valence-corrected chi connectivity index (χ3v) is 3.97. The SMILES string of the molecule is CCCNC(c1cccc(Br)c1F)c1nccn1CCC. The molecule has 0 radical (unpaired) electrons. The number of halogens is 2. The number of hydrogen-bond acceptors (Lipinski definition) is 2. The van der Waals surface area contributed by atoms with Crippen molar-refractivity contribution in [1.29, 1.82) is 0 Å². The monoisotopic (exact) mass is 353 g/mol. The highest BCUT2D eigenvalue weighted by molar-refractivity contribution is 9.10. The molecule has 1 unspecified atom stereocenters. The van der Waals surface area contributed by atoms with Gasteiger partial charge in [0.1, 0.15) is 11.6 Å². The summed E-state index contributed by atoms with van der Waals surface area (Å²) in [6, 6.07) is 5.16. The summed E-state index contributed by atoms with van der Waals surface area (Å²) in [6.07, 6.45) is 5.74. The van der Waals surface area contributed by atoms with Crippen molar-refractivity contribution in [2.75, 3.05) is 6.54 Å². The van der Waals surface area contributed by atoms with Crippen LogP contribution in [0.2, 0.25) is 0 Å². The molecule has 0 aliphatic carbocycles. The van der Waals surface area contributed by atoms with E-state index in [9.17, 15) is 4.39 Å². The number of nitrogens with one attached hydrogen (secondary N) is 1. The molecule has 1 atom stereocenters. The molecule has 5 heteroatoms. The lowest BCUT2D eigenvalue weighted by atomic mass is 10.1. The molecule has 21 heavy (non-hydrogen) atoms. The molecule has 1 N–H and O–H groups in total. The highest BCUT2D eigenvalue weighted by Gasteiger charge is 2.22. The number of rotatable bonds is 7. The number of aryl methyl sites for hydroxylation is 1. The van der Waals surface area contributed by atoms with Crippen LogP contribution in [0.1, 0.15) is 44.1 Å². The van der Waals surface area contributed by atoms with Gasteiger partial charge in [-0.2, -0.15) is 0 Å². The summed E-state index contributed by atoms with van der Waals surface area (Å²) in [7, 11) is 0. The van der Waals surface area contributed by atoms with Crippen LogP contribution in [0.25, 0.3) is 0 Å². The smallest absolute Gasteiger partial charge is 0.142 e. The summed E-state index contributed by atoms with van der Waals surface area (Å²) >= 11 is 3.27. The van der Waals surface area contributed by atoms with Crippen molar-refractivity contribution in [3.8, 4) is 0 Å². The van der Waals surface area contributed by atoms with E-state index >= 15 is 0 Å². The predicted molar refractivity (Wildman–Crippen MR) is 86.8 cm³/mol. The van der Waals surface area contributed by atoms with Crippen molar-refractivity contribution in [2.24, 2.45) is 0 Å². The van der Waals surface area contributed by atoms with Gasteiger partial charge in [0.25, 0.3) is 0 Å². The van der Waals surface area contributed by atoms with Gasteiger partial charge in [0.15, 0.2) is 0 Å². The van der Waals surface area contributed by atoms with Crippen molar-refractivity contribution in [3.05, 3.63) is 52.3 Å². The Kier molecular flexibility index (Phi) is 5.94. The number of benzene rings is 1. The highest BCUT2D eigenvalue weighted by atomic mass is 79.9. The minimum atomic E-state index is -0.232. The Bertz CT molecular complexity index is 583. The molecule has 2 rings (SSSR count). The quantitative estimate of drug-likeness (QED) is 0.804. The number of aromatic nitrogens is 2. The van der Waals surface area contributed by atoms with Gasteiger partial charge in [-0.25, -0.2) is 9.37 Å². The van der Waals surface area contributed by atoms with E-state index in [1.54, 1.807) is 12.3 Å². The lowest BCUT2D eigenvalue weighted by Crippen LogP contribution is -2.27. The maximum absolute atomic E-state index is 14.5. The maximum atomic E-state index is 14.5. The second kappa shape index (κ2) is 7.71. The predicted octanol–water partition coefficient (Wildman–Crippen LogP) is 4.28. The Labute approximate surface area is 133 Å². The van der Waals surface area contributed by atoms with Gasteiger partial charge in [-0.1, -0.05) is 26.0 Å². The molecule has 0 bridgehead atoms. The number of imidazole rings is 1. The molecule has 1 aromatic carbocycles. The average molecular weight is 354 g/mol. The first kappa shape index (κ1) is 16.2. The van der Waals surface area contributed by atoms with Crippen LogP contribution in [0.15, 0.2) is 35.1 Å². The van der Waals surface area contributed by atoms with E-state index in [0.29, 0.717) is 10.0 Å². The zero-order chi connectivity index (χ0) is 15.2. The van der Waals surface area contributed by atoms with Gasteiger partial charge in [-0.05, 0) is 41.4 Å². The van der Waals surface area contributed by atoms with Crippen molar-refractivity contribution in [1.82, 2.24) is 14.9 Å². The summed E-state index contributed by atoms with van der Waals surface area (Å²) in [5.41, 5.74) is 0.626. The summed E-state index contributed by atoms with van der Waals surface area (Å²) in [5.74, 6) is 0.638. The first-order valence-corrected chi connectivity index (χ1v) is 8.16. The molecule has 0 fully saturated rings. The molecular formula is C16H21BrFN3. The molecule has 0 saturated carbocycles. The Balaban J connectivity index is 2.42. The highest BCUT2D eigenvalue weighted by Crippen LogP contribution is 2.27.